The summed E-state index contributed by atoms with van der Waals surface area (Å²) in [5.41, 5.74) is 4.79. The van der Waals surface area contributed by atoms with E-state index in [4.69, 9.17) is 0 Å². The molecule has 8 heteroatoms. The van der Waals surface area contributed by atoms with Crippen molar-refractivity contribution in [1.82, 2.24) is 29.8 Å². The van der Waals surface area contributed by atoms with E-state index in [1.807, 2.05) is 30.4 Å². The lowest BCUT2D eigenvalue weighted by Gasteiger charge is -2.34. The van der Waals surface area contributed by atoms with Crippen LogP contribution in [0.1, 0.15) is 18.9 Å². The van der Waals surface area contributed by atoms with Crippen molar-refractivity contribution in [2.45, 2.75) is 25.9 Å². The summed E-state index contributed by atoms with van der Waals surface area (Å²) in [5, 5.41) is 15.9. The fraction of sp³-hybridized carbons (Fsp3) is 0.421. The van der Waals surface area contributed by atoms with Gasteiger partial charge in [-0.15, -0.1) is 0 Å². The molecule has 27 heavy (non-hydrogen) atoms. The third-order valence-corrected chi connectivity index (χ3v) is 5.74. The van der Waals surface area contributed by atoms with E-state index in [0.29, 0.717) is 6.54 Å². The fourth-order valence-electron chi connectivity index (χ4n) is 4.21. The van der Waals surface area contributed by atoms with E-state index in [9.17, 15) is 4.79 Å². The fourth-order valence-corrected chi connectivity index (χ4v) is 4.21. The maximum atomic E-state index is 12.7. The van der Waals surface area contributed by atoms with Gasteiger partial charge in [-0.1, -0.05) is 6.92 Å². The van der Waals surface area contributed by atoms with Gasteiger partial charge in [-0.2, -0.15) is 10.2 Å². The molecular weight excluding hydrogens is 342 g/mol. The van der Waals surface area contributed by atoms with E-state index >= 15 is 0 Å². The number of benzene rings is 1. The van der Waals surface area contributed by atoms with Crippen molar-refractivity contribution < 1.29 is 4.79 Å². The van der Waals surface area contributed by atoms with Crippen molar-refractivity contribution in [3.8, 4) is 11.3 Å². The molecule has 3 aromatic rings. The molecular formula is C19H23N7O. The number of fused-ring (bicyclic) bond motifs is 2. The molecule has 1 atom stereocenters. The molecule has 0 radical (unpaired) electrons. The van der Waals surface area contributed by atoms with E-state index in [0.717, 1.165) is 59.5 Å². The summed E-state index contributed by atoms with van der Waals surface area (Å²) in [4.78, 5) is 17.0. The zero-order chi connectivity index (χ0) is 18.5. The highest BCUT2D eigenvalue weighted by Crippen LogP contribution is 2.34. The predicted octanol–water partition coefficient (Wildman–Crippen LogP) is 2.41. The molecule has 0 unspecified atom stereocenters. The molecule has 5 rings (SSSR count). The van der Waals surface area contributed by atoms with E-state index in [1.54, 1.807) is 4.68 Å². The van der Waals surface area contributed by atoms with Gasteiger partial charge >= 0.3 is 6.03 Å². The first-order valence-electron chi connectivity index (χ1n) is 9.42. The van der Waals surface area contributed by atoms with Crippen LogP contribution in [0, 0.1) is 0 Å². The average Bonchev–Trinajstić information content (AvgIpc) is 3.38. The van der Waals surface area contributed by atoms with Crippen LogP contribution in [-0.2, 0) is 13.6 Å². The Labute approximate surface area is 157 Å². The number of likely N-dealkylation sites (N-methyl/N-ethyl adjacent to an activating group) is 1. The summed E-state index contributed by atoms with van der Waals surface area (Å²) in [6.07, 6.45) is 4.81. The quantitative estimate of drug-likeness (QED) is 0.747. The smallest absolute Gasteiger partial charge is 0.316 e. The lowest BCUT2D eigenvalue weighted by molar-refractivity contribution is 0.180. The molecule has 0 spiro atoms. The van der Waals surface area contributed by atoms with Gasteiger partial charge in [0.2, 0.25) is 0 Å². The molecule has 1 fully saturated rings. The number of aryl methyl sites for hydroxylation is 1. The number of carbonyl (C=O) groups is 1. The van der Waals surface area contributed by atoms with Crippen LogP contribution in [0.2, 0.25) is 0 Å². The number of carbonyl (C=O) groups excluding carboxylic acids is 1. The lowest BCUT2D eigenvalue weighted by Crippen LogP contribution is -2.46. The number of likely N-dealkylation sites (tertiary alicyclic amines) is 1. The Morgan fingerprint density at radius 3 is 2.96 bits per heavy atom. The Morgan fingerprint density at radius 2 is 2.22 bits per heavy atom. The zero-order valence-corrected chi connectivity index (χ0v) is 15.6. The Balaban J connectivity index is 1.50. The number of amides is 2. The third kappa shape index (κ3) is 2.68. The summed E-state index contributed by atoms with van der Waals surface area (Å²) in [5.74, 6) is 0. The number of aromatic nitrogens is 4. The van der Waals surface area contributed by atoms with E-state index in [-0.39, 0.29) is 12.1 Å². The summed E-state index contributed by atoms with van der Waals surface area (Å²) >= 11 is 0. The Hall–Kier alpha value is -2.87. The topological polar surface area (TPSA) is 82.1 Å². The Morgan fingerprint density at radius 1 is 1.33 bits per heavy atom. The summed E-state index contributed by atoms with van der Waals surface area (Å²) in [6, 6.07) is 4.41. The predicted molar refractivity (Wildman–Crippen MR) is 103 cm³/mol. The molecule has 2 amide bonds. The first-order valence-corrected chi connectivity index (χ1v) is 9.42. The van der Waals surface area contributed by atoms with E-state index < -0.39 is 0 Å². The SMILES string of the molecule is CCN1CC[C@@H](N2Cc3cc4c(-c5cnn(C)c5)n[nH]c4cc3NC2=O)C1. The average molecular weight is 365 g/mol. The lowest BCUT2D eigenvalue weighted by atomic mass is 10.0. The van der Waals surface area contributed by atoms with E-state index in [2.05, 4.69) is 38.5 Å². The number of H-pyrrole nitrogens is 1. The number of aromatic amines is 1. The van der Waals surface area contributed by atoms with Gasteiger partial charge in [0.25, 0.3) is 0 Å². The molecule has 2 aromatic heterocycles. The van der Waals surface area contributed by atoms with Crippen LogP contribution in [0.25, 0.3) is 22.2 Å². The van der Waals surface area contributed by atoms with Crippen molar-refractivity contribution in [2.75, 3.05) is 25.0 Å². The molecule has 8 nitrogen and oxygen atoms in total. The van der Waals surface area contributed by atoms with Gasteiger partial charge in [0, 0.05) is 55.6 Å². The molecule has 2 aliphatic heterocycles. The van der Waals surface area contributed by atoms with Crippen molar-refractivity contribution in [2.24, 2.45) is 7.05 Å². The van der Waals surface area contributed by atoms with Crippen LogP contribution in [0.4, 0.5) is 10.5 Å². The van der Waals surface area contributed by atoms with Crippen LogP contribution in [0.5, 0.6) is 0 Å². The second kappa shape index (κ2) is 6.09. The second-order valence-electron chi connectivity index (χ2n) is 7.42. The zero-order valence-electron chi connectivity index (χ0n) is 15.6. The van der Waals surface area contributed by atoms with Gasteiger partial charge in [-0.05, 0) is 30.7 Å². The maximum absolute atomic E-state index is 12.7. The molecule has 1 aromatic carbocycles. The van der Waals surface area contributed by atoms with Gasteiger partial charge in [0.15, 0.2) is 0 Å². The summed E-state index contributed by atoms with van der Waals surface area (Å²) in [6.45, 7) is 5.85. The van der Waals surface area contributed by atoms with Crippen LogP contribution in [0.15, 0.2) is 24.5 Å². The summed E-state index contributed by atoms with van der Waals surface area (Å²) in [7, 11) is 1.90. The molecule has 1 saturated heterocycles. The van der Waals surface area contributed by atoms with Gasteiger partial charge in [0.1, 0.15) is 5.69 Å². The number of urea groups is 1. The number of hydrogen-bond acceptors (Lipinski definition) is 4. The molecule has 4 heterocycles. The first-order chi connectivity index (χ1) is 13.1. The van der Waals surface area contributed by atoms with Gasteiger partial charge < -0.3 is 15.1 Å². The summed E-state index contributed by atoms with van der Waals surface area (Å²) < 4.78 is 1.77. The standard InChI is InChI=1S/C19H23N7O/c1-3-25-5-4-14(11-25)26-10-12-6-15-17(7-16(12)21-19(26)27)22-23-18(15)13-8-20-24(2)9-13/h6-9,14H,3-5,10-11H2,1-2H3,(H,21,27)(H,22,23)/t14-/m1/s1. The Bertz CT molecular complexity index is 1020. The molecule has 0 saturated carbocycles. The van der Waals surface area contributed by atoms with Gasteiger partial charge in [0.05, 0.1) is 11.7 Å². The van der Waals surface area contributed by atoms with Crippen molar-refractivity contribution in [3.63, 3.8) is 0 Å². The highest BCUT2D eigenvalue weighted by Gasteiger charge is 2.33. The van der Waals surface area contributed by atoms with Crippen molar-refractivity contribution >= 4 is 22.6 Å². The number of rotatable bonds is 3. The highest BCUT2D eigenvalue weighted by atomic mass is 16.2. The van der Waals surface area contributed by atoms with Crippen molar-refractivity contribution in [3.05, 3.63) is 30.1 Å². The van der Waals surface area contributed by atoms with Gasteiger partial charge in [-0.25, -0.2) is 4.79 Å². The minimum atomic E-state index is -0.00296. The first kappa shape index (κ1) is 16.3. The highest BCUT2D eigenvalue weighted by molar-refractivity contribution is 6.00. The number of hydrogen-bond donors (Lipinski definition) is 2. The van der Waals surface area contributed by atoms with Crippen LogP contribution < -0.4 is 5.32 Å². The molecule has 2 N–H and O–H groups in total. The maximum Gasteiger partial charge on any atom is 0.322 e. The number of nitrogens with one attached hydrogen (secondary N) is 2. The second-order valence-corrected chi connectivity index (χ2v) is 7.42. The van der Waals surface area contributed by atoms with Crippen molar-refractivity contribution in [1.29, 1.82) is 0 Å². The monoisotopic (exact) mass is 365 g/mol. The normalized spacial score (nSPS) is 20.3. The third-order valence-electron chi connectivity index (χ3n) is 5.74. The minimum Gasteiger partial charge on any atom is -0.316 e. The molecule has 0 aliphatic carbocycles. The van der Waals surface area contributed by atoms with Crippen LogP contribution >= 0.6 is 0 Å². The molecule has 140 valence electrons. The molecule has 0 bridgehead atoms. The van der Waals surface area contributed by atoms with Gasteiger partial charge in [-0.3, -0.25) is 9.78 Å². The number of anilines is 1. The molecule has 2 aliphatic rings. The largest absolute Gasteiger partial charge is 0.322 e. The Kier molecular flexibility index (Phi) is 3.68. The van der Waals surface area contributed by atoms with Crippen LogP contribution in [-0.4, -0.2) is 61.5 Å². The number of nitrogens with zero attached hydrogens (tertiary/aromatic N) is 5. The van der Waals surface area contributed by atoms with E-state index in [1.165, 1.54) is 0 Å². The minimum absolute atomic E-state index is 0.00296. The van der Waals surface area contributed by atoms with Crippen LogP contribution in [0.3, 0.4) is 0 Å².